The normalized spacial score (nSPS) is 11.5. The van der Waals surface area contributed by atoms with Crippen LogP contribution in [0.4, 0.5) is 0 Å². The minimum atomic E-state index is -0.320. The first-order valence-corrected chi connectivity index (χ1v) is 8.69. The molecule has 0 atom stereocenters. The molecule has 0 saturated heterocycles. The van der Waals surface area contributed by atoms with Crippen LogP contribution in [0, 0.1) is 6.92 Å². The second-order valence-electron chi connectivity index (χ2n) is 6.27. The van der Waals surface area contributed by atoms with Gasteiger partial charge in [0.1, 0.15) is 11.2 Å². The van der Waals surface area contributed by atoms with E-state index in [0.29, 0.717) is 10.6 Å². The van der Waals surface area contributed by atoms with Crippen molar-refractivity contribution in [3.8, 4) is 11.1 Å². The zero-order valence-corrected chi connectivity index (χ0v) is 14.8. The fourth-order valence-corrected chi connectivity index (χ4v) is 3.56. The van der Waals surface area contributed by atoms with E-state index in [4.69, 9.17) is 20.4 Å². The summed E-state index contributed by atoms with van der Waals surface area (Å²) in [6, 6.07) is 11.2. The molecular weight excluding hydrogens is 336 g/mol. The van der Waals surface area contributed by atoms with Gasteiger partial charge in [0, 0.05) is 22.0 Å². The Labute approximate surface area is 149 Å². The highest BCUT2D eigenvalue weighted by atomic mass is 35.5. The van der Waals surface area contributed by atoms with Crippen molar-refractivity contribution >= 4 is 33.5 Å². The Balaban J connectivity index is 2.09. The van der Waals surface area contributed by atoms with Gasteiger partial charge < -0.3 is 8.83 Å². The molecule has 4 aromatic rings. The van der Waals surface area contributed by atoms with Crippen LogP contribution in [0.1, 0.15) is 24.5 Å². The van der Waals surface area contributed by atoms with Gasteiger partial charge in [0.05, 0.1) is 11.6 Å². The van der Waals surface area contributed by atoms with Gasteiger partial charge in [-0.15, -0.1) is 0 Å². The highest BCUT2D eigenvalue weighted by molar-refractivity contribution is 6.30. The molecule has 2 heterocycles. The predicted molar refractivity (Wildman–Crippen MR) is 101 cm³/mol. The van der Waals surface area contributed by atoms with E-state index in [9.17, 15) is 4.79 Å². The van der Waals surface area contributed by atoms with E-state index in [1.54, 1.807) is 12.3 Å². The molecule has 0 fully saturated rings. The van der Waals surface area contributed by atoms with Crippen LogP contribution in [0.15, 0.2) is 56.3 Å². The molecule has 4 rings (SSSR count). The van der Waals surface area contributed by atoms with Gasteiger partial charge >= 0.3 is 5.63 Å². The topological polar surface area (TPSA) is 43.4 Å². The van der Waals surface area contributed by atoms with Crippen molar-refractivity contribution < 1.29 is 8.83 Å². The molecule has 25 heavy (non-hydrogen) atoms. The molecule has 126 valence electrons. The summed E-state index contributed by atoms with van der Waals surface area (Å²) in [5.74, 6) is 0. The van der Waals surface area contributed by atoms with E-state index in [1.807, 2.05) is 37.3 Å². The maximum absolute atomic E-state index is 11.9. The van der Waals surface area contributed by atoms with Crippen LogP contribution in [-0.4, -0.2) is 0 Å². The average Bonchev–Trinajstić information content (AvgIpc) is 3.01. The van der Waals surface area contributed by atoms with Crippen molar-refractivity contribution in [2.24, 2.45) is 0 Å². The number of rotatable bonds is 3. The standard InChI is InChI=1S/C21H17ClO3/c1-3-4-14-10-18(23)25-17-9-12(2)19-16(11-24-21(19)20(14)17)13-5-7-15(22)8-6-13/h5-11H,3-4H2,1-2H3. The van der Waals surface area contributed by atoms with Gasteiger partial charge in [-0.25, -0.2) is 4.79 Å². The van der Waals surface area contributed by atoms with Gasteiger partial charge in [-0.2, -0.15) is 0 Å². The molecule has 3 nitrogen and oxygen atoms in total. The van der Waals surface area contributed by atoms with Gasteiger partial charge in [0.15, 0.2) is 0 Å². The largest absolute Gasteiger partial charge is 0.463 e. The Morgan fingerprint density at radius 2 is 1.84 bits per heavy atom. The van der Waals surface area contributed by atoms with Crippen LogP contribution in [-0.2, 0) is 6.42 Å². The monoisotopic (exact) mass is 352 g/mol. The minimum absolute atomic E-state index is 0.320. The first kappa shape index (κ1) is 16.0. The number of aryl methyl sites for hydroxylation is 2. The van der Waals surface area contributed by atoms with Crippen LogP contribution in [0.25, 0.3) is 33.1 Å². The van der Waals surface area contributed by atoms with Gasteiger partial charge in [0.2, 0.25) is 0 Å². The maximum atomic E-state index is 11.9. The molecule has 0 radical (unpaired) electrons. The zero-order valence-electron chi connectivity index (χ0n) is 14.1. The SMILES string of the molecule is CCCc1cc(=O)oc2cc(C)c3c(-c4ccc(Cl)cc4)coc3c12. The number of hydrogen-bond acceptors (Lipinski definition) is 3. The van der Waals surface area contributed by atoms with E-state index in [0.717, 1.165) is 51.5 Å². The average molecular weight is 353 g/mol. The molecule has 2 aromatic heterocycles. The number of furan rings is 1. The van der Waals surface area contributed by atoms with Crippen molar-refractivity contribution in [2.75, 3.05) is 0 Å². The summed E-state index contributed by atoms with van der Waals surface area (Å²) in [5.41, 5.74) is 5.07. The van der Waals surface area contributed by atoms with Gasteiger partial charge in [-0.05, 0) is 48.2 Å². The Morgan fingerprint density at radius 1 is 1.08 bits per heavy atom. The van der Waals surface area contributed by atoms with Crippen LogP contribution < -0.4 is 5.63 Å². The third kappa shape index (κ3) is 2.65. The van der Waals surface area contributed by atoms with E-state index in [-0.39, 0.29) is 5.63 Å². The fraction of sp³-hybridized carbons (Fsp3) is 0.190. The van der Waals surface area contributed by atoms with E-state index in [1.165, 1.54) is 0 Å². The molecular formula is C21H17ClO3. The Kier molecular flexibility index (Phi) is 3.89. The van der Waals surface area contributed by atoms with Gasteiger partial charge in [0.25, 0.3) is 0 Å². The summed E-state index contributed by atoms with van der Waals surface area (Å²) in [4.78, 5) is 11.9. The third-order valence-corrected chi connectivity index (χ3v) is 4.76. The quantitative estimate of drug-likeness (QED) is 0.417. The Morgan fingerprint density at radius 3 is 2.56 bits per heavy atom. The number of fused-ring (bicyclic) bond motifs is 3. The predicted octanol–water partition coefficient (Wildman–Crippen LogP) is 6.12. The summed E-state index contributed by atoms with van der Waals surface area (Å²) in [6.45, 7) is 4.09. The Hall–Kier alpha value is -2.52. The lowest BCUT2D eigenvalue weighted by atomic mass is 9.97. The number of hydrogen-bond donors (Lipinski definition) is 0. The van der Waals surface area contributed by atoms with Crippen LogP contribution >= 0.6 is 11.6 Å². The van der Waals surface area contributed by atoms with E-state index >= 15 is 0 Å². The summed E-state index contributed by atoms with van der Waals surface area (Å²) in [6.07, 6.45) is 3.51. The second-order valence-corrected chi connectivity index (χ2v) is 6.70. The molecule has 0 aliphatic heterocycles. The van der Waals surface area contributed by atoms with Crippen molar-refractivity contribution in [2.45, 2.75) is 26.7 Å². The number of benzene rings is 2. The lowest BCUT2D eigenvalue weighted by molar-refractivity contribution is 0.557. The molecule has 0 bridgehead atoms. The fourth-order valence-electron chi connectivity index (χ4n) is 3.43. The van der Waals surface area contributed by atoms with Gasteiger partial charge in [-0.3, -0.25) is 0 Å². The molecule has 0 aliphatic rings. The zero-order chi connectivity index (χ0) is 17.6. The van der Waals surface area contributed by atoms with Crippen molar-refractivity contribution in [3.63, 3.8) is 0 Å². The lowest BCUT2D eigenvalue weighted by Gasteiger charge is -2.07. The Bertz CT molecular complexity index is 1130. The molecule has 0 N–H and O–H groups in total. The third-order valence-electron chi connectivity index (χ3n) is 4.50. The minimum Gasteiger partial charge on any atom is -0.463 e. The first-order chi connectivity index (χ1) is 12.1. The van der Waals surface area contributed by atoms with Crippen molar-refractivity contribution in [1.82, 2.24) is 0 Å². The highest BCUT2D eigenvalue weighted by Gasteiger charge is 2.18. The summed E-state index contributed by atoms with van der Waals surface area (Å²) < 4.78 is 11.4. The van der Waals surface area contributed by atoms with Crippen molar-refractivity contribution in [3.05, 3.63) is 69.2 Å². The van der Waals surface area contributed by atoms with Gasteiger partial charge in [-0.1, -0.05) is 37.1 Å². The van der Waals surface area contributed by atoms with Crippen LogP contribution in [0.3, 0.4) is 0 Å². The molecule has 0 amide bonds. The smallest absolute Gasteiger partial charge is 0.336 e. The lowest BCUT2D eigenvalue weighted by Crippen LogP contribution is -2.01. The van der Waals surface area contributed by atoms with Crippen LogP contribution in [0.2, 0.25) is 5.02 Å². The van der Waals surface area contributed by atoms with Crippen LogP contribution in [0.5, 0.6) is 0 Å². The van der Waals surface area contributed by atoms with Crippen molar-refractivity contribution in [1.29, 1.82) is 0 Å². The number of halogens is 1. The summed E-state index contributed by atoms with van der Waals surface area (Å²) >= 11 is 6.01. The van der Waals surface area contributed by atoms with E-state index < -0.39 is 0 Å². The summed E-state index contributed by atoms with van der Waals surface area (Å²) in [7, 11) is 0. The van der Waals surface area contributed by atoms with E-state index in [2.05, 4.69) is 6.92 Å². The first-order valence-electron chi connectivity index (χ1n) is 8.32. The molecule has 0 unspecified atom stereocenters. The second kappa shape index (κ2) is 6.08. The molecule has 0 saturated carbocycles. The maximum Gasteiger partial charge on any atom is 0.336 e. The molecule has 4 heteroatoms. The summed E-state index contributed by atoms with van der Waals surface area (Å²) in [5, 5.41) is 2.63. The molecule has 0 aliphatic carbocycles. The molecule has 0 spiro atoms. The molecule has 2 aromatic carbocycles. The highest BCUT2D eigenvalue weighted by Crippen LogP contribution is 2.38.